The number of halogens is 2. The van der Waals surface area contributed by atoms with Gasteiger partial charge in [0.1, 0.15) is 0 Å². The third kappa shape index (κ3) is 5.46. The molecule has 20 heavy (non-hydrogen) atoms. The number of carbonyl (C=O) groups excluding carboxylic acids is 1. The molecule has 0 aromatic heterocycles. The van der Waals surface area contributed by atoms with Gasteiger partial charge >= 0.3 is 0 Å². The molecule has 110 valence electrons. The van der Waals surface area contributed by atoms with Crippen molar-refractivity contribution in [3.8, 4) is 0 Å². The minimum atomic E-state index is -0.524. The summed E-state index contributed by atoms with van der Waals surface area (Å²) in [4.78, 5) is 22.1. The molecule has 0 radical (unpaired) electrons. The second kappa shape index (κ2) is 8.21. The molecule has 1 aromatic carbocycles. The lowest BCUT2D eigenvalue weighted by molar-refractivity contribution is -0.385. The number of hydrogen-bond acceptors (Lipinski definition) is 3. The summed E-state index contributed by atoms with van der Waals surface area (Å²) in [6, 6.07) is 4.18. The topological polar surface area (TPSA) is 72.2 Å². The maximum absolute atomic E-state index is 11.9. The summed E-state index contributed by atoms with van der Waals surface area (Å²) in [6.45, 7) is 2.58. The number of rotatable bonds is 7. The number of nitrogens with zero attached hydrogens (tertiary/aromatic N) is 1. The van der Waals surface area contributed by atoms with E-state index in [0.717, 1.165) is 12.8 Å². The summed E-state index contributed by atoms with van der Waals surface area (Å²) in [5, 5.41) is 13.5. The Labute approximate surface area is 131 Å². The monoisotopic (exact) mass is 362 g/mol. The van der Waals surface area contributed by atoms with E-state index in [1.807, 2.05) is 6.92 Å². The number of hydrogen-bond donors (Lipinski definition) is 1. The van der Waals surface area contributed by atoms with Gasteiger partial charge in [-0.15, -0.1) is 11.6 Å². The number of nitro groups is 1. The van der Waals surface area contributed by atoms with Crippen molar-refractivity contribution >= 4 is 39.1 Å². The van der Waals surface area contributed by atoms with Crippen LogP contribution in [-0.2, 0) is 0 Å². The van der Waals surface area contributed by atoms with E-state index in [2.05, 4.69) is 21.2 Å². The molecule has 1 rings (SSSR count). The predicted molar refractivity (Wildman–Crippen MR) is 82.2 cm³/mol. The molecule has 0 aliphatic carbocycles. The number of nitrogens with one attached hydrogen (secondary N) is 1. The van der Waals surface area contributed by atoms with Crippen LogP contribution in [-0.4, -0.2) is 23.3 Å². The van der Waals surface area contributed by atoms with Crippen molar-refractivity contribution in [2.45, 2.75) is 19.8 Å². The van der Waals surface area contributed by atoms with Crippen molar-refractivity contribution in [2.24, 2.45) is 5.92 Å². The van der Waals surface area contributed by atoms with Gasteiger partial charge in [0.2, 0.25) is 0 Å². The van der Waals surface area contributed by atoms with Crippen LogP contribution >= 0.6 is 27.5 Å². The van der Waals surface area contributed by atoms with Crippen LogP contribution < -0.4 is 5.32 Å². The van der Waals surface area contributed by atoms with Crippen LogP contribution in [0.4, 0.5) is 5.69 Å². The van der Waals surface area contributed by atoms with Gasteiger partial charge < -0.3 is 5.32 Å². The molecule has 0 spiro atoms. The zero-order chi connectivity index (χ0) is 15.1. The minimum absolute atomic E-state index is 0.111. The number of amides is 1. The molecule has 5 nitrogen and oxygen atoms in total. The Morgan fingerprint density at radius 1 is 1.50 bits per heavy atom. The molecule has 0 fully saturated rings. The normalized spacial score (nSPS) is 11.9. The van der Waals surface area contributed by atoms with E-state index in [1.54, 1.807) is 6.07 Å². The fourth-order valence-corrected chi connectivity index (χ4v) is 2.28. The molecule has 1 aromatic rings. The Bertz CT molecular complexity index is 497. The van der Waals surface area contributed by atoms with Crippen LogP contribution in [0.15, 0.2) is 22.7 Å². The summed E-state index contributed by atoms with van der Waals surface area (Å²) in [5.41, 5.74) is 0.164. The Hall–Kier alpha value is -1.14. The first-order chi connectivity index (χ1) is 9.43. The van der Waals surface area contributed by atoms with Crippen molar-refractivity contribution in [1.29, 1.82) is 0 Å². The lowest BCUT2D eigenvalue weighted by atomic mass is 10.1. The molecular formula is C13H16BrClN2O3. The molecular weight excluding hydrogens is 348 g/mol. The molecule has 1 atom stereocenters. The lowest BCUT2D eigenvalue weighted by Gasteiger charge is -2.08. The molecule has 1 amide bonds. The Morgan fingerprint density at radius 3 is 2.80 bits per heavy atom. The van der Waals surface area contributed by atoms with Crippen LogP contribution in [0.25, 0.3) is 0 Å². The molecule has 0 bridgehead atoms. The number of carbonyl (C=O) groups is 1. The second-order valence-corrected chi connectivity index (χ2v) is 5.84. The Kier molecular flexibility index (Phi) is 6.95. The van der Waals surface area contributed by atoms with Crippen molar-refractivity contribution < 1.29 is 9.72 Å². The van der Waals surface area contributed by atoms with Gasteiger partial charge in [0.15, 0.2) is 0 Å². The predicted octanol–water partition coefficient (Wildman–Crippen LogP) is 3.74. The van der Waals surface area contributed by atoms with E-state index in [-0.39, 0.29) is 17.2 Å². The van der Waals surface area contributed by atoms with Crippen LogP contribution in [0.2, 0.25) is 0 Å². The van der Waals surface area contributed by atoms with Gasteiger partial charge in [-0.2, -0.15) is 0 Å². The first-order valence-corrected chi connectivity index (χ1v) is 7.56. The molecule has 0 aliphatic rings. The highest BCUT2D eigenvalue weighted by Gasteiger charge is 2.13. The van der Waals surface area contributed by atoms with E-state index >= 15 is 0 Å². The SMILES string of the molecule is CC(CCl)CCCNC(=O)c1cc(Br)cc([N+](=O)[O-])c1. The van der Waals surface area contributed by atoms with Crippen LogP contribution in [0.1, 0.15) is 30.1 Å². The van der Waals surface area contributed by atoms with Crippen LogP contribution in [0, 0.1) is 16.0 Å². The first kappa shape index (κ1) is 16.9. The van der Waals surface area contributed by atoms with Crippen molar-refractivity contribution in [3.05, 3.63) is 38.3 Å². The number of alkyl halides is 1. The first-order valence-electron chi connectivity index (χ1n) is 6.23. The molecule has 1 unspecified atom stereocenters. The number of benzene rings is 1. The van der Waals surface area contributed by atoms with Crippen molar-refractivity contribution in [2.75, 3.05) is 12.4 Å². The molecule has 0 heterocycles. The largest absolute Gasteiger partial charge is 0.352 e. The lowest BCUT2D eigenvalue weighted by Crippen LogP contribution is -2.24. The third-order valence-corrected chi connectivity index (χ3v) is 3.76. The van der Waals surface area contributed by atoms with E-state index in [1.165, 1.54) is 12.1 Å². The number of nitro benzene ring substituents is 1. The quantitative estimate of drug-likeness (QED) is 0.347. The van der Waals surface area contributed by atoms with Gasteiger partial charge in [-0.05, 0) is 24.8 Å². The standard InChI is InChI=1S/C13H16BrClN2O3/c1-9(8-15)3-2-4-16-13(18)10-5-11(14)7-12(6-10)17(19)20/h5-7,9H,2-4,8H2,1H3,(H,16,18). The van der Waals surface area contributed by atoms with Crippen LogP contribution in [0.3, 0.4) is 0 Å². The highest BCUT2D eigenvalue weighted by molar-refractivity contribution is 9.10. The molecule has 1 N–H and O–H groups in total. The van der Waals surface area contributed by atoms with Gasteiger partial charge in [-0.3, -0.25) is 14.9 Å². The van der Waals surface area contributed by atoms with Crippen molar-refractivity contribution in [3.63, 3.8) is 0 Å². The maximum Gasteiger partial charge on any atom is 0.271 e. The van der Waals surface area contributed by atoms with E-state index < -0.39 is 4.92 Å². The van der Waals surface area contributed by atoms with E-state index in [9.17, 15) is 14.9 Å². The molecule has 0 aliphatic heterocycles. The number of non-ortho nitro benzene ring substituents is 1. The smallest absolute Gasteiger partial charge is 0.271 e. The summed E-state index contributed by atoms with van der Waals surface area (Å²) in [6.07, 6.45) is 1.76. The zero-order valence-corrected chi connectivity index (χ0v) is 13.4. The Balaban J connectivity index is 2.57. The average molecular weight is 364 g/mol. The van der Waals surface area contributed by atoms with Gasteiger partial charge in [0.05, 0.1) is 4.92 Å². The van der Waals surface area contributed by atoms with E-state index in [4.69, 9.17) is 11.6 Å². The third-order valence-electron chi connectivity index (χ3n) is 2.78. The fourth-order valence-electron chi connectivity index (χ4n) is 1.64. The summed E-state index contributed by atoms with van der Waals surface area (Å²) in [7, 11) is 0. The Morgan fingerprint density at radius 2 is 2.20 bits per heavy atom. The summed E-state index contributed by atoms with van der Waals surface area (Å²) < 4.78 is 0.507. The molecule has 0 saturated carbocycles. The molecule has 7 heteroatoms. The van der Waals surface area contributed by atoms with Gasteiger partial charge in [-0.25, -0.2) is 0 Å². The summed E-state index contributed by atoms with van der Waals surface area (Å²) in [5.74, 6) is 0.708. The molecule has 0 saturated heterocycles. The second-order valence-electron chi connectivity index (χ2n) is 4.61. The van der Waals surface area contributed by atoms with Gasteiger partial charge in [0, 0.05) is 34.6 Å². The highest BCUT2D eigenvalue weighted by atomic mass is 79.9. The van der Waals surface area contributed by atoms with Gasteiger partial charge in [0.25, 0.3) is 11.6 Å². The highest BCUT2D eigenvalue weighted by Crippen LogP contribution is 2.21. The summed E-state index contributed by atoms with van der Waals surface area (Å²) >= 11 is 8.86. The van der Waals surface area contributed by atoms with Crippen LogP contribution in [0.5, 0.6) is 0 Å². The minimum Gasteiger partial charge on any atom is -0.352 e. The fraction of sp³-hybridized carbons (Fsp3) is 0.462. The maximum atomic E-state index is 11.9. The zero-order valence-electron chi connectivity index (χ0n) is 11.1. The van der Waals surface area contributed by atoms with Gasteiger partial charge in [-0.1, -0.05) is 22.9 Å². The van der Waals surface area contributed by atoms with E-state index in [0.29, 0.717) is 22.8 Å². The van der Waals surface area contributed by atoms with Crippen molar-refractivity contribution in [1.82, 2.24) is 5.32 Å². The average Bonchev–Trinajstić information content (AvgIpc) is 2.42.